The lowest BCUT2D eigenvalue weighted by molar-refractivity contribution is 0.0843. The first-order chi connectivity index (χ1) is 10.4. The molecule has 4 rings (SSSR count). The fourth-order valence-electron chi connectivity index (χ4n) is 3.28. The number of nitrogens with zero attached hydrogens (tertiary/aromatic N) is 3. The van der Waals surface area contributed by atoms with Gasteiger partial charge in [-0.15, -0.1) is 0 Å². The molecule has 1 fully saturated rings. The summed E-state index contributed by atoms with van der Waals surface area (Å²) in [7, 11) is 0. The predicted octanol–water partition coefficient (Wildman–Crippen LogP) is 2.58. The van der Waals surface area contributed by atoms with Gasteiger partial charge in [0.05, 0.1) is 17.4 Å². The van der Waals surface area contributed by atoms with Gasteiger partial charge in [0.2, 0.25) is 0 Å². The molecule has 5 nitrogen and oxygen atoms in total. The van der Waals surface area contributed by atoms with Crippen molar-refractivity contribution in [3.05, 3.63) is 41.9 Å². The monoisotopic (exact) mass is 284 g/mol. The summed E-state index contributed by atoms with van der Waals surface area (Å²) >= 11 is 0. The molecule has 0 aromatic carbocycles. The van der Waals surface area contributed by atoms with Crippen LogP contribution >= 0.6 is 0 Å². The Hall–Kier alpha value is -1.88. The maximum absolute atomic E-state index is 5.45. The Balaban J connectivity index is 1.66. The van der Waals surface area contributed by atoms with Crippen LogP contribution in [-0.2, 0) is 4.74 Å². The Morgan fingerprint density at radius 2 is 2.05 bits per heavy atom. The van der Waals surface area contributed by atoms with E-state index in [1.165, 1.54) is 5.69 Å². The lowest BCUT2D eigenvalue weighted by atomic mass is 9.97. The minimum absolute atomic E-state index is 0.246. The van der Waals surface area contributed by atoms with E-state index in [2.05, 4.69) is 27.1 Å². The zero-order valence-corrected chi connectivity index (χ0v) is 12.0. The highest BCUT2D eigenvalue weighted by Crippen LogP contribution is 2.33. The first-order valence-corrected chi connectivity index (χ1v) is 7.74. The van der Waals surface area contributed by atoms with Gasteiger partial charge in [-0.05, 0) is 31.4 Å². The van der Waals surface area contributed by atoms with Crippen molar-refractivity contribution in [1.29, 1.82) is 0 Å². The van der Waals surface area contributed by atoms with Gasteiger partial charge >= 0.3 is 0 Å². The van der Waals surface area contributed by atoms with Gasteiger partial charge < -0.3 is 10.1 Å². The van der Waals surface area contributed by atoms with Crippen LogP contribution < -0.4 is 5.32 Å². The van der Waals surface area contributed by atoms with Crippen LogP contribution in [0.25, 0.3) is 0 Å². The van der Waals surface area contributed by atoms with Crippen LogP contribution in [0, 0.1) is 0 Å². The first kappa shape index (κ1) is 12.8. The minimum atomic E-state index is 0.246. The topological polar surface area (TPSA) is 52.0 Å². The van der Waals surface area contributed by atoms with Crippen molar-refractivity contribution >= 4 is 5.82 Å². The van der Waals surface area contributed by atoms with Crippen molar-refractivity contribution in [2.45, 2.75) is 31.2 Å². The fourth-order valence-corrected chi connectivity index (χ4v) is 3.28. The van der Waals surface area contributed by atoms with E-state index in [1.807, 2.05) is 18.3 Å². The molecule has 1 unspecified atom stereocenters. The summed E-state index contributed by atoms with van der Waals surface area (Å²) in [4.78, 5) is 4.51. The number of anilines is 1. The van der Waals surface area contributed by atoms with E-state index in [9.17, 15) is 0 Å². The van der Waals surface area contributed by atoms with Crippen LogP contribution in [0.1, 0.15) is 42.6 Å². The van der Waals surface area contributed by atoms with E-state index in [1.54, 1.807) is 0 Å². The lowest BCUT2D eigenvalue weighted by Crippen LogP contribution is -2.25. The van der Waals surface area contributed by atoms with E-state index in [-0.39, 0.29) is 6.04 Å². The molecule has 110 valence electrons. The van der Waals surface area contributed by atoms with E-state index in [4.69, 9.17) is 9.84 Å². The van der Waals surface area contributed by atoms with Crippen molar-refractivity contribution in [3.8, 4) is 0 Å². The summed E-state index contributed by atoms with van der Waals surface area (Å²) < 4.78 is 7.58. The minimum Gasteiger partial charge on any atom is -0.381 e. The van der Waals surface area contributed by atoms with Crippen molar-refractivity contribution in [2.75, 3.05) is 25.1 Å². The third-order valence-corrected chi connectivity index (χ3v) is 4.44. The zero-order valence-electron chi connectivity index (χ0n) is 12.0. The molecular weight excluding hydrogens is 264 g/mol. The van der Waals surface area contributed by atoms with E-state index >= 15 is 0 Å². The molecule has 5 heteroatoms. The Kier molecular flexibility index (Phi) is 3.35. The van der Waals surface area contributed by atoms with Crippen molar-refractivity contribution < 1.29 is 4.74 Å². The number of fused-ring (bicyclic) bond motifs is 1. The van der Waals surface area contributed by atoms with Gasteiger partial charge in [-0.1, -0.05) is 6.07 Å². The average molecular weight is 284 g/mol. The second kappa shape index (κ2) is 5.48. The van der Waals surface area contributed by atoms with E-state index < -0.39 is 0 Å². The van der Waals surface area contributed by atoms with Gasteiger partial charge in [0.1, 0.15) is 5.82 Å². The lowest BCUT2D eigenvalue weighted by Gasteiger charge is -2.25. The number of hydrogen-bond donors (Lipinski definition) is 1. The summed E-state index contributed by atoms with van der Waals surface area (Å²) in [5.41, 5.74) is 2.30. The summed E-state index contributed by atoms with van der Waals surface area (Å²) in [6.07, 6.45) is 5.04. The third kappa shape index (κ3) is 2.42. The van der Waals surface area contributed by atoms with E-state index in [0.717, 1.165) is 50.5 Å². The van der Waals surface area contributed by atoms with Crippen molar-refractivity contribution in [1.82, 2.24) is 14.8 Å². The fraction of sp³-hybridized carbons (Fsp3) is 0.500. The maximum Gasteiger partial charge on any atom is 0.125 e. The predicted molar refractivity (Wildman–Crippen MR) is 80.5 cm³/mol. The molecule has 0 spiro atoms. The van der Waals surface area contributed by atoms with Gasteiger partial charge in [-0.25, -0.2) is 4.68 Å². The second-order valence-corrected chi connectivity index (χ2v) is 5.77. The van der Waals surface area contributed by atoms with Gasteiger partial charge in [-0.2, -0.15) is 5.10 Å². The van der Waals surface area contributed by atoms with Crippen LogP contribution in [-0.4, -0.2) is 34.5 Å². The van der Waals surface area contributed by atoms with Gasteiger partial charge in [0.15, 0.2) is 0 Å². The summed E-state index contributed by atoms with van der Waals surface area (Å²) in [6.45, 7) is 2.67. The average Bonchev–Trinajstić information content (AvgIpc) is 3.00. The SMILES string of the molecule is c1ccc(C2CCNc3cc(C4CCOCC4)nn32)nc1. The molecule has 1 atom stereocenters. The van der Waals surface area contributed by atoms with E-state index in [0.29, 0.717) is 5.92 Å². The first-order valence-electron chi connectivity index (χ1n) is 7.74. The molecule has 2 aliphatic rings. The van der Waals surface area contributed by atoms with Gasteiger partial charge in [0, 0.05) is 37.9 Å². The van der Waals surface area contributed by atoms with Crippen LogP contribution in [0.15, 0.2) is 30.5 Å². The number of nitrogens with one attached hydrogen (secondary N) is 1. The van der Waals surface area contributed by atoms with Crippen LogP contribution in [0.2, 0.25) is 0 Å². The molecule has 0 amide bonds. The number of pyridine rings is 1. The number of ether oxygens (including phenoxy) is 1. The molecule has 2 aliphatic heterocycles. The molecule has 0 aliphatic carbocycles. The highest BCUT2D eigenvalue weighted by atomic mass is 16.5. The van der Waals surface area contributed by atoms with Crippen LogP contribution in [0.3, 0.4) is 0 Å². The zero-order chi connectivity index (χ0) is 14.1. The molecule has 21 heavy (non-hydrogen) atoms. The Labute approximate surface area is 124 Å². The summed E-state index contributed by atoms with van der Waals surface area (Å²) in [6, 6.07) is 8.56. The second-order valence-electron chi connectivity index (χ2n) is 5.77. The largest absolute Gasteiger partial charge is 0.381 e. The van der Waals surface area contributed by atoms with Gasteiger partial charge in [-0.3, -0.25) is 4.98 Å². The Morgan fingerprint density at radius 3 is 2.86 bits per heavy atom. The molecule has 0 radical (unpaired) electrons. The standard InChI is InChI=1S/C16H20N4O/c1-2-7-17-13(3-1)15-4-8-18-16-11-14(19-20(15)16)12-5-9-21-10-6-12/h1-3,7,11-12,15,18H,4-6,8-10H2. The van der Waals surface area contributed by atoms with Crippen LogP contribution in [0.5, 0.6) is 0 Å². The Bertz CT molecular complexity index is 604. The number of hydrogen-bond acceptors (Lipinski definition) is 4. The molecule has 1 N–H and O–H groups in total. The number of rotatable bonds is 2. The third-order valence-electron chi connectivity index (χ3n) is 4.44. The smallest absolute Gasteiger partial charge is 0.125 e. The Morgan fingerprint density at radius 1 is 1.14 bits per heavy atom. The van der Waals surface area contributed by atoms with Crippen molar-refractivity contribution in [3.63, 3.8) is 0 Å². The normalized spacial score (nSPS) is 22.6. The molecular formula is C16H20N4O. The summed E-state index contributed by atoms with van der Waals surface area (Å²) in [5.74, 6) is 1.65. The maximum atomic E-state index is 5.45. The molecule has 0 saturated carbocycles. The molecule has 4 heterocycles. The van der Waals surface area contributed by atoms with Crippen LogP contribution in [0.4, 0.5) is 5.82 Å². The molecule has 2 aromatic heterocycles. The molecule has 2 aromatic rings. The number of aromatic nitrogens is 3. The van der Waals surface area contributed by atoms with Gasteiger partial charge in [0.25, 0.3) is 0 Å². The highest BCUT2D eigenvalue weighted by molar-refractivity contribution is 5.41. The summed E-state index contributed by atoms with van der Waals surface area (Å²) in [5, 5.41) is 8.35. The van der Waals surface area contributed by atoms with Crippen molar-refractivity contribution in [2.24, 2.45) is 0 Å². The molecule has 0 bridgehead atoms. The quantitative estimate of drug-likeness (QED) is 0.921. The molecule has 1 saturated heterocycles. The highest BCUT2D eigenvalue weighted by Gasteiger charge is 2.27.